The first kappa shape index (κ1) is 17.7. The lowest BCUT2D eigenvalue weighted by Crippen LogP contribution is -2.34. The van der Waals surface area contributed by atoms with E-state index in [2.05, 4.69) is 0 Å². The van der Waals surface area contributed by atoms with Gasteiger partial charge in [-0.2, -0.15) is 8.42 Å². The molecule has 7 heteroatoms. The van der Waals surface area contributed by atoms with Crippen molar-refractivity contribution in [2.45, 2.75) is 44.0 Å². The van der Waals surface area contributed by atoms with Crippen LogP contribution in [0.5, 0.6) is 0 Å². The van der Waals surface area contributed by atoms with E-state index in [1.807, 2.05) is 13.8 Å². The van der Waals surface area contributed by atoms with Crippen molar-refractivity contribution in [3.63, 3.8) is 0 Å². The SMILES string of the molecule is Cc1ccc(S(=O)(=O)OCCC[C@@H]2C[C@@H](C)CN2C(=O)O)cc1. The third-order valence-electron chi connectivity index (χ3n) is 4.10. The van der Waals surface area contributed by atoms with Crippen LogP contribution in [0.15, 0.2) is 29.2 Å². The van der Waals surface area contributed by atoms with Crippen molar-refractivity contribution >= 4 is 16.2 Å². The zero-order valence-electron chi connectivity index (χ0n) is 13.4. The Kier molecular flexibility index (Phi) is 5.64. The molecule has 0 saturated carbocycles. The van der Waals surface area contributed by atoms with Gasteiger partial charge in [0.1, 0.15) is 0 Å². The summed E-state index contributed by atoms with van der Waals surface area (Å²) in [5.74, 6) is 0.341. The molecule has 1 aromatic rings. The molecule has 0 aromatic heterocycles. The molecular weight excluding hydrogens is 318 g/mol. The van der Waals surface area contributed by atoms with Crippen LogP contribution in [0, 0.1) is 12.8 Å². The molecule has 1 N–H and O–H groups in total. The number of hydrogen-bond donors (Lipinski definition) is 1. The molecular formula is C16H23NO5S. The summed E-state index contributed by atoms with van der Waals surface area (Å²) in [5.41, 5.74) is 0.980. The Morgan fingerprint density at radius 1 is 1.35 bits per heavy atom. The quantitative estimate of drug-likeness (QED) is 0.635. The molecule has 1 aromatic carbocycles. The molecule has 6 nitrogen and oxygen atoms in total. The van der Waals surface area contributed by atoms with E-state index in [1.54, 1.807) is 12.1 Å². The average molecular weight is 341 g/mol. The Morgan fingerprint density at radius 2 is 2.00 bits per heavy atom. The van der Waals surface area contributed by atoms with Crippen molar-refractivity contribution in [3.8, 4) is 0 Å². The fraction of sp³-hybridized carbons (Fsp3) is 0.562. The van der Waals surface area contributed by atoms with Crippen molar-refractivity contribution in [3.05, 3.63) is 29.8 Å². The van der Waals surface area contributed by atoms with Gasteiger partial charge in [-0.05, 0) is 44.2 Å². The molecule has 0 aliphatic carbocycles. The lowest BCUT2D eigenvalue weighted by molar-refractivity contribution is 0.135. The Labute approximate surface area is 137 Å². The predicted molar refractivity (Wildman–Crippen MR) is 85.9 cm³/mol. The van der Waals surface area contributed by atoms with Crippen LogP contribution >= 0.6 is 0 Å². The number of likely N-dealkylation sites (tertiary alicyclic amines) is 1. The van der Waals surface area contributed by atoms with Gasteiger partial charge in [0.15, 0.2) is 0 Å². The minimum absolute atomic E-state index is 0.0480. The maximum Gasteiger partial charge on any atom is 0.407 e. The van der Waals surface area contributed by atoms with Crippen LogP contribution in [-0.2, 0) is 14.3 Å². The number of aryl methyl sites for hydroxylation is 1. The van der Waals surface area contributed by atoms with E-state index in [4.69, 9.17) is 9.29 Å². The van der Waals surface area contributed by atoms with Gasteiger partial charge in [-0.3, -0.25) is 4.18 Å². The van der Waals surface area contributed by atoms with Gasteiger partial charge in [-0.15, -0.1) is 0 Å². The third kappa shape index (κ3) is 4.68. The Bertz CT molecular complexity index is 641. The molecule has 0 spiro atoms. The normalized spacial score (nSPS) is 21.6. The van der Waals surface area contributed by atoms with E-state index >= 15 is 0 Å². The summed E-state index contributed by atoms with van der Waals surface area (Å²) in [6.07, 6.45) is 1.02. The van der Waals surface area contributed by atoms with E-state index in [1.165, 1.54) is 17.0 Å². The summed E-state index contributed by atoms with van der Waals surface area (Å²) >= 11 is 0. The van der Waals surface area contributed by atoms with E-state index in [-0.39, 0.29) is 17.5 Å². The van der Waals surface area contributed by atoms with Crippen molar-refractivity contribution in [2.75, 3.05) is 13.2 Å². The minimum Gasteiger partial charge on any atom is -0.465 e. The first-order valence-electron chi connectivity index (χ1n) is 7.75. The van der Waals surface area contributed by atoms with Crippen LogP contribution in [0.3, 0.4) is 0 Å². The lowest BCUT2D eigenvalue weighted by Gasteiger charge is -2.21. The molecule has 0 unspecified atom stereocenters. The number of hydrogen-bond acceptors (Lipinski definition) is 4. The first-order chi connectivity index (χ1) is 10.8. The molecule has 128 valence electrons. The highest BCUT2D eigenvalue weighted by atomic mass is 32.2. The van der Waals surface area contributed by atoms with Gasteiger partial charge in [0.2, 0.25) is 0 Å². The largest absolute Gasteiger partial charge is 0.465 e. The van der Waals surface area contributed by atoms with Gasteiger partial charge in [0, 0.05) is 12.6 Å². The summed E-state index contributed by atoms with van der Waals surface area (Å²) < 4.78 is 29.1. The topological polar surface area (TPSA) is 83.9 Å². The summed E-state index contributed by atoms with van der Waals surface area (Å²) in [6, 6.07) is 6.44. The van der Waals surface area contributed by atoms with Crippen LogP contribution in [0.4, 0.5) is 4.79 Å². The summed E-state index contributed by atoms with van der Waals surface area (Å²) in [4.78, 5) is 12.7. The zero-order chi connectivity index (χ0) is 17.0. The molecule has 1 fully saturated rings. The second-order valence-electron chi connectivity index (χ2n) is 6.16. The van der Waals surface area contributed by atoms with Crippen LogP contribution in [-0.4, -0.2) is 43.7 Å². The highest BCUT2D eigenvalue weighted by molar-refractivity contribution is 7.86. The molecule has 1 aliphatic heterocycles. The molecule has 2 rings (SSSR count). The summed E-state index contributed by atoms with van der Waals surface area (Å²) in [7, 11) is -3.74. The van der Waals surface area contributed by atoms with Crippen molar-refractivity contribution < 1.29 is 22.5 Å². The van der Waals surface area contributed by atoms with Crippen LogP contribution in [0.25, 0.3) is 0 Å². The van der Waals surface area contributed by atoms with Crippen LogP contribution in [0.1, 0.15) is 31.7 Å². The average Bonchev–Trinajstić information content (AvgIpc) is 2.85. The van der Waals surface area contributed by atoms with E-state index in [9.17, 15) is 13.2 Å². The summed E-state index contributed by atoms with van der Waals surface area (Å²) in [5, 5.41) is 9.16. The maximum atomic E-state index is 12.0. The summed E-state index contributed by atoms with van der Waals surface area (Å²) in [6.45, 7) is 4.51. The molecule has 2 atom stereocenters. The standard InChI is InChI=1S/C16H23NO5S/c1-12-5-7-15(8-6-12)23(20,21)22-9-3-4-14-10-13(2)11-17(14)16(18)19/h5-8,13-14H,3-4,9-11H2,1-2H3,(H,18,19)/t13-,14-/m1/s1. The second kappa shape index (κ2) is 7.31. The second-order valence-corrected chi connectivity index (χ2v) is 7.78. The smallest absolute Gasteiger partial charge is 0.407 e. The van der Waals surface area contributed by atoms with Crippen molar-refractivity contribution in [2.24, 2.45) is 5.92 Å². The number of benzene rings is 1. The van der Waals surface area contributed by atoms with Crippen molar-refractivity contribution in [1.82, 2.24) is 4.90 Å². The van der Waals surface area contributed by atoms with Gasteiger partial charge in [-0.1, -0.05) is 24.6 Å². The van der Waals surface area contributed by atoms with E-state index in [0.29, 0.717) is 25.3 Å². The predicted octanol–water partition coefficient (Wildman–Crippen LogP) is 2.87. The van der Waals surface area contributed by atoms with E-state index in [0.717, 1.165) is 12.0 Å². The van der Waals surface area contributed by atoms with Gasteiger partial charge in [-0.25, -0.2) is 4.79 Å². The molecule has 1 heterocycles. The van der Waals surface area contributed by atoms with Gasteiger partial charge in [0.05, 0.1) is 11.5 Å². The van der Waals surface area contributed by atoms with E-state index < -0.39 is 16.2 Å². The number of carbonyl (C=O) groups is 1. The molecule has 1 aliphatic rings. The fourth-order valence-corrected chi connectivity index (χ4v) is 3.86. The van der Waals surface area contributed by atoms with Crippen LogP contribution in [0.2, 0.25) is 0 Å². The number of rotatable bonds is 6. The van der Waals surface area contributed by atoms with Gasteiger partial charge in [0.25, 0.3) is 10.1 Å². The monoisotopic (exact) mass is 341 g/mol. The lowest BCUT2D eigenvalue weighted by atomic mass is 10.0. The van der Waals surface area contributed by atoms with Crippen LogP contribution < -0.4 is 0 Å². The zero-order valence-corrected chi connectivity index (χ0v) is 14.3. The fourth-order valence-electron chi connectivity index (χ4n) is 2.92. The minimum atomic E-state index is -3.74. The van der Waals surface area contributed by atoms with Gasteiger partial charge >= 0.3 is 6.09 Å². The third-order valence-corrected chi connectivity index (χ3v) is 5.43. The maximum absolute atomic E-state index is 12.0. The first-order valence-corrected chi connectivity index (χ1v) is 9.16. The molecule has 1 amide bonds. The Balaban J connectivity index is 1.83. The Hall–Kier alpha value is -1.60. The molecule has 23 heavy (non-hydrogen) atoms. The number of amides is 1. The van der Waals surface area contributed by atoms with Gasteiger partial charge < -0.3 is 10.0 Å². The van der Waals surface area contributed by atoms with Crippen molar-refractivity contribution in [1.29, 1.82) is 0 Å². The Morgan fingerprint density at radius 3 is 2.61 bits per heavy atom. The highest BCUT2D eigenvalue weighted by Gasteiger charge is 2.32. The number of nitrogens with zero attached hydrogens (tertiary/aromatic N) is 1. The molecule has 0 bridgehead atoms. The number of carboxylic acid groups (broad SMARTS) is 1. The molecule has 0 radical (unpaired) electrons. The molecule has 1 saturated heterocycles. The highest BCUT2D eigenvalue weighted by Crippen LogP contribution is 2.26.